The van der Waals surface area contributed by atoms with E-state index in [1.54, 1.807) is 4.98 Å². The molecule has 0 atom stereocenters. The second kappa shape index (κ2) is 4.68. The number of nitrogens with one attached hydrogen (secondary N) is 1. The van der Waals surface area contributed by atoms with Crippen LogP contribution in [0.3, 0.4) is 0 Å². The average Bonchev–Trinajstić information content (AvgIpc) is 2.27. The van der Waals surface area contributed by atoms with Gasteiger partial charge in [-0.2, -0.15) is 0 Å². The number of halogens is 2. The Morgan fingerprint density at radius 1 is 1.59 bits per heavy atom. The minimum Gasteiger partial charge on any atom is -0.465 e. The molecule has 0 aliphatic rings. The number of esters is 1. The molecule has 0 unspecified atom stereocenters. The van der Waals surface area contributed by atoms with Crippen LogP contribution in [0.5, 0.6) is 0 Å². The molecule has 7 nitrogen and oxygen atoms in total. The number of nitrogens with zero attached hydrogens (tertiary/aromatic N) is 1. The van der Waals surface area contributed by atoms with Gasteiger partial charge in [0.15, 0.2) is 5.69 Å². The molecule has 1 rings (SSSR count). The van der Waals surface area contributed by atoms with Crippen molar-refractivity contribution in [1.29, 1.82) is 0 Å². The normalized spacial score (nSPS) is 10.4. The summed E-state index contributed by atoms with van der Waals surface area (Å²) in [6.07, 6.45) is -3.23. The van der Waals surface area contributed by atoms with Gasteiger partial charge in [-0.15, -0.1) is 0 Å². The van der Waals surface area contributed by atoms with Crippen molar-refractivity contribution >= 4 is 11.7 Å². The summed E-state index contributed by atoms with van der Waals surface area (Å²) < 4.78 is 29.0. The van der Waals surface area contributed by atoms with Crippen LogP contribution in [0.15, 0.2) is 10.9 Å². The topological polar surface area (TPSA) is 102 Å². The summed E-state index contributed by atoms with van der Waals surface area (Å²) in [6.45, 7) is 0. The maximum Gasteiger partial charge on any atom is 0.343 e. The van der Waals surface area contributed by atoms with Crippen LogP contribution >= 0.6 is 0 Å². The number of nitro groups is 1. The first-order valence-electron chi connectivity index (χ1n) is 4.16. The van der Waals surface area contributed by atoms with E-state index in [-0.39, 0.29) is 0 Å². The van der Waals surface area contributed by atoms with Gasteiger partial charge in [0.2, 0.25) is 0 Å². The van der Waals surface area contributed by atoms with Crippen molar-refractivity contribution in [2.75, 3.05) is 7.11 Å². The van der Waals surface area contributed by atoms with Crippen molar-refractivity contribution in [1.82, 2.24) is 4.98 Å². The molecule has 0 saturated carbocycles. The van der Waals surface area contributed by atoms with Gasteiger partial charge in [0.25, 0.3) is 17.7 Å². The number of hydrogen-bond donors (Lipinski definition) is 1. The Morgan fingerprint density at radius 3 is 2.59 bits per heavy atom. The zero-order valence-electron chi connectivity index (χ0n) is 8.40. The number of methoxy groups -OCH3 is 1. The first-order chi connectivity index (χ1) is 7.88. The number of aromatic nitrogens is 1. The maximum atomic E-state index is 12.4. The number of carbonyl (C=O) groups excluding carboxylic acids is 1. The number of pyridine rings is 1. The minimum absolute atomic E-state index is 0.464. The Kier molecular flexibility index (Phi) is 3.51. The molecule has 1 aromatic rings. The van der Waals surface area contributed by atoms with E-state index in [0.717, 1.165) is 7.11 Å². The Morgan fingerprint density at radius 2 is 2.18 bits per heavy atom. The van der Waals surface area contributed by atoms with E-state index in [1.807, 2.05) is 0 Å². The molecule has 0 fully saturated rings. The quantitative estimate of drug-likeness (QED) is 0.488. The smallest absolute Gasteiger partial charge is 0.343 e. The first kappa shape index (κ1) is 12.7. The van der Waals surface area contributed by atoms with Crippen LogP contribution in [0, 0.1) is 10.1 Å². The van der Waals surface area contributed by atoms with Crippen molar-refractivity contribution in [3.8, 4) is 0 Å². The van der Waals surface area contributed by atoms with Crippen LogP contribution in [0.1, 0.15) is 22.5 Å². The highest BCUT2D eigenvalue weighted by Gasteiger charge is 2.26. The lowest BCUT2D eigenvalue weighted by Crippen LogP contribution is -2.21. The van der Waals surface area contributed by atoms with Crippen LogP contribution in [0.25, 0.3) is 0 Å². The molecule has 1 N–H and O–H groups in total. The number of ether oxygens (including phenoxy) is 1. The average molecular weight is 248 g/mol. The summed E-state index contributed by atoms with van der Waals surface area (Å²) in [6, 6.07) is 0.464. The molecule has 0 aliphatic heterocycles. The Balaban J connectivity index is 3.51. The fourth-order valence-electron chi connectivity index (χ4n) is 1.11. The lowest BCUT2D eigenvalue weighted by molar-refractivity contribution is -0.386. The van der Waals surface area contributed by atoms with Gasteiger partial charge in [-0.1, -0.05) is 0 Å². The Hall–Kier alpha value is -2.32. The fourth-order valence-corrected chi connectivity index (χ4v) is 1.11. The van der Waals surface area contributed by atoms with Crippen molar-refractivity contribution in [2.24, 2.45) is 0 Å². The molecule has 0 bridgehead atoms. The summed E-state index contributed by atoms with van der Waals surface area (Å²) in [7, 11) is 0.953. The van der Waals surface area contributed by atoms with E-state index in [1.165, 1.54) is 0 Å². The highest BCUT2D eigenvalue weighted by Crippen LogP contribution is 2.25. The summed E-state index contributed by atoms with van der Waals surface area (Å²) in [4.78, 5) is 33.2. The van der Waals surface area contributed by atoms with Gasteiger partial charge >= 0.3 is 5.97 Å². The molecule has 0 aliphatic carbocycles. The standard InChI is InChI=1S/C8H6F2N2O5/c1-17-8(14)3-2-4(12(15)16)5(6(9)10)11-7(3)13/h2,6H,1H3,(H,11,13). The number of alkyl halides is 2. The second-order valence-corrected chi connectivity index (χ2v) is 2.86. The molecule has 1 aromatic heterocycles. The molecule has 0 spiro atoms. The molecular formula is C8H6F2N2O5. The zero-order valence-corrected chi connectivity index (χ0v) is 8.40. The Labute approximate surface area is 92.2 Å². The van der Waals surface area contributed by atoms with Crippen molar-refractivity contribution < 1.29 is 23.2 Å². The van der Waals surface area contributed by atoms with Gasteiger partial charge in [0.05, 0.1) is 12.0 Å². The molecule has 1 heterocycles. The van der Waals surface area contributed by atoms with E-state index >= 15 is 0 Å². The van der Waals surface area contributed by atoms with Gasteiger partial charge in [-0.3, -0.25) is 14.9 Å². The molecule has 0 amide bonds. The number of rotatable bonds is 3. The maximum absolute atomic E-state index is 12.4. The van der Waals surface area contributed by atoms with E-state index < -0.39 is 39.8 Å². The summed E-state index contributed by atoms with van der Waals surface area (Å²) in [5.41, 5.74) is -4.06. The van der Waals surface area contributed by atoms with Gasteiger partial charge < -0.3 is 9.72 Å². The monoisotopic (exact) mass is 248 g/mol. The SMILES string of the molecule is COC(=O)c1cc([N+](=O)[O-])c(C(F)F)[nH]c1=O. The molecule has 0 saturated heterocycles. The number of carbonyl (C=O) groups is 1. The van der Waals surface area contributed by atoms with Crippen LogP contribution in [-0.2, 0) is 4.74 Å². The van der Waals surface area contributed by atoms with Gasteiger partial charge in [-0.25, -0.2) is 13.6 Å². The van der Waals surface area contributed by atoms with Gasteiger partial charge in [0.1, 0.15) is 5.56 Å². The van der Waals surface area contributed by atoms with Crippen molar-refractivity contribution in [3.05, 3.63) is 37.8 Å². The van der Waals surface area contributed by atoms with Gasteiger partial charge in [0, 0.05) is 6.07 Å². The number of H-pyrrole nitrogens is 1. The third kappa shape index (κ3) is 2.44. The molecule has 92 valence electrons. The highest BCUT2D eigenvalue weighted by atomic mass is 19.3. The molecular weight excluding hydrogens is 242 g/mol. The Bertz CT molecular complexity index is 525. The molecule has 0 radical (unpaired) electrons. The number of aromatic amines is 1. The van der Waals surface area contributed by atoms with Crippen LogP contribution in [0.2, 0.25) is 0 Å². The van der Waals surface area contributed by atoms with Crippen LogP contribution in [-0.4, -0.2) is 23.0 Å². The predicted octanol–water partition coefficient (Wildman–Crippen LogP) is 1.01. The molecule has 0 aromatic carbocycles. The minimum atomic E-state index is -3.23. The fraction of sp³-hybridized carbons (Fsp3) is 0.250. The molecule has 9 heteroatoms. The van der Waals surface area contributed by atoms with Crippen molar-refractivity contribution in [3.63, 3.8) is 0 Å². The van der Waals surface area contributed by atoms with E-state index in [2.05, 4.69) is 4.74 Å². The lowest BCUT2D eigenvalue weighted by Gasteiger charge is -2.03. The molecule has 17 heavy (non-hydrogen) atoms. The summed E-state index contributed by atoms with van der Waals surface area (Å²) in [5.74, 6) is -1.14. The predicted molar refractivity (Wildman–Crippen MR) is 50.0 cm³/mol. The second-order valence-electron chi connectivity index (χ2n) is 2.86. The lowest BCUT2D eigenvalue weighted by atomic mass is 10.2. The van der Waals surface area contributed by atoms with E-state index in [0.29, 0.717) is 6.07 Å². The zero-order chi connectivity index (χ0) is 13.2. The number of hydrogen-bond acceptors (Lipinski definition) is 5. The van der Waals surface area contributed by atoms with Crippen LogP contribution < -0.4 is 5.56 Å². The first-order valence-corrected chi connectivity index (χ1v) is 4.16. The summed E-state index contributed by atoms with van der Waals surface area (Å²) >= 11 is 0. The van der Waals surface area contributed by atoms with Gasteiger partial charge in [-0.05, 0) is 0 Å². The van der Waals surface area contributed by atoms with Crippen molar-refractivity contribution in [2.45, 2.75) is 6.43 Å². The van der Waals surface area contributed by atoms with E-state index in [4.69, 9.17) is 0 Å². The summed E-state index contributed by atoms with van der Waals surface area (Å²) in [5, 5.41) is 10.5. The largest absolute Gasteiger partial charge is 0.465 e. The highest BCUT2D eigenvalue weighted by molar-refractivity contribution is 5.89. The third-order valence-electron chi connectivity index (χ3n) is 1.87. The van der Waals surface area contributed by atoms with Crippen LogP contribution in [0.4, 0.5) is 14.5 Å². The third-order valence-corrected chi connectivity index (χ3v) is 1.87. The van der Waals surface area contributed by atoms with E-state index in [9.17, 15) is 28.5 Å².